The Hall–Kier alpha value is -1.77. The molecule has 0 amide bonds. The van der Waals surface area contributed by atoms with Gasteiger partial charge >= 0.3 is 0 Å². The smallest absolute Gasteiger partial charge is 0.270 e. The summed E-state index contributed by atoms with van der Waals surface area (Å²) in [4.78, 5) is 12.6. The molecule has 0 saturated heterocycles. The van der Waals surface area contributed by atoms with Crippen molar-refractivity contribution in [3.05, 3.63) is 45.7 Å². The van der Waals surface area contributed by atoms with Gasteiger partial charge in [0.25, 0.3) is 5.56 Å². The number of hydrogen-bond acceptors (Lipinski definition) is 1. The lowest BCUT2D eigenvalue weighted by Crippen LogP contribution is -2.33. The Morgan fingerprint density at radius 1 is 1.20 bits per heavy atom. The highest BCUT2D eigenvalue weighted by molar-refractivity contribution is 5.66. The van der Waals surface area contributed by atoms with Crippen LogP contribution in [-0.2, 0) is 12.0 Å². The number of aromatic amines is 1. The molecule has 108 valence electrons. The zero-order chi connectivity index (χ0) is 14.9. The van der Waals surface area contributed by atoms with Gasteiger partial charge in [0.05, 0.1) is 11.2 Å². The molecule has 0 aliphatic carbocycles. The molecule has 2 aromatic rings. The summed E-state index contributed by atoms with van der Waals surface area (Å²) in [6.45, 7) is 10.3. The van der Waals surface area contributed by atoms with Crippen LogP contribution in [0.5, 0.6) is 0 Å². The molecule has 1 aromatic carbocycles. The molecule has 20 heavy (non-hydrogen) atoms. The summed E-state index contributed by atoms with van der Waals surface area (Å²) in [5.41, 5.74) is 4.06. The second-order valence-corrected chi connectivity index (χ2v) is 6.34. The fourth-order valence-electron chi connectivity index (χ4n) is 2.50. The lowest BCUT2D eigenvalue weighted by Gasteiger charge is -2.19. The summed E-state index contributed by atoms with van der Waals surface area (Å²) < 4.78 is 1.75. The van der Waals surface area contributed by atoms with Crippen molar-refractivity contribution in [3.63, 3.8) is 0 Å². The molecule has 0 bridgehead atoms. The van der Waals surface area contributed by atoms with Gasteiger partial charge in [-0.15, -0.1) is 0 Å². The van der Waals surface area contributed by atoms with Gasteiger partial charge in [-0.1, -0.05) is 37.6 Å². The van der Waals surface area contributed by atoms with Gasteiger partial charge in [0.1, 0.15) is 0 Å². The molecule has 0 fully saturated rings. The van der Waals surface area contributed by atoms with E-state index in [-0.39, 0.29) is 11.1 Å². The number of nitrogens with one attached hydrogen (secondary N) is 1. The van der Waals surface area contributed by atoms with Gasteiger partial charge < -0.3 is 0 Å². The van der Waals surface area contributed by atoms with E-state index in [1.54, 1.807) is 4.68 Å². The van der Waals surface area contributed by atoms with E-state index >= 15 is 0 Å². The summed E-state index contributed by atoms with van der Waals surface area (Å²) in [5, 5.41) is 3.34. The van der Waals surface area contributed by atoms with Gasteiger partial charge in [-0.2, -0.15) is 0 Å². The molecule has 0 spiro atoms. The van der Waals surface area contributed by atoms with Crippen molar-refractivity contribution in [1.82, 2.24) is 9.78 Å². The van der Waals surface area contributed by atoms with Crippen molar-refractivity contribution in [2.24, 2.45) is 0 Å². The Bertz CT molecular complexity index is 656. The zero-order valence-electron chi connectivity index (χ0n) is 13.1. The van der Waals surface area contributed by atoms with E-state index in [0.29, 0.717) is 0 Å². The number of aryl methyl sites for hydroxylation is 1. The first kappa shape index (κ1) is 14.6. The predicted octanol–water partition coefficient (Wildman–Crippen LogP) is 3.86. The van der Waals surface area contributed by atoms with Gasteiger partial charge in [-0.05, 0) is 39.7 Å². The molecule has 3 nitrogen and oxygen atoms in total. The number of nitrogens with zero attached hydrogens (tertiary/aromatic N) is 1. The highest BCUT2D eigenvalue weighted by atomic mass is 16.1. The summed E-state index contributed by atoms with van der Waals surface area (Å²) in [6, 6.07) is 8.20. The first-order valence-corrected chi connectivity index (χ1v) is 7.26. The largest absolute Gasteiger partial charge is 0.294 e. The van der Waals surface area contributed by atoms with Crippen LogP contribution in [0.3, 0.4) is 0 Å². The molecule has 0 saturated carbocycles. The van der Waals surface area contributed by atoms with Crippen molar-refractivity contribution in [1.29, 1.82) is 0 Å². The molecule has 1 aromatic heterocycles. The summed E-state index contributed by atoms with van der Waals surface area (Å²) in [7, 11) is 0. The first-order chi connectivity index (χ1) is 9.36. The van der Waals surface area contributed by atoms with Gasteiger partial charge in [0.15, 0.2) is 0 Å². The Balaban J connectivity index is 2.70. The summed E-state index contributed by atoms with van der Waals surface area (Å²) in [5.74, 6) is 0. The maximum Gasteiger partial charge on any atom is 0.270 e. The minimum Gasteiger partial charge on any atom is -0.294 e. The molecule has 1 N–H and O–H groups in total. The van der Waals surface area contributed by atoms with E-state index in [9.17, 15) is 4.79 Å². The topological polar surface area (TPSA) is 37.8 Å². The SMILES string of the molecule is CCCc1c(-c2ccccc2C)[nH]n(C(C)(C)C)c1=O. The van der Waals surface area contributed by atoms with Crippen LogP contribution < -0.4 is 5.56 Å². The lowest BCUT2D eigenvalue weighted by atomic mass is 10.0. The minimum atomic E-state index is -0.236. The second kappa shape index (κ2) is 5.31. The third kappa shape index (κ3) is 2.58. The number of benzene rings is 1. The van der Waals surface area contributed by atoms with Crippen LogP contribution in [0.25, 0.3) is 11.3 Å². The van der Waals surface area contributed by atoms with Gasteiger partial charge in [0, 0.05) is 11.1 Å². The molecular formula is C17H24N2O. The van der Waals surface area contributed by atoms with Crippen molar-refractivity contribution >= 4 is 0 Å². The van der Waals surface area contributed by atoms with Gasteiger partial charge in [0.2, 0.25) is 0 Å². The standard InChI is InChI=1S/C17H24N2O/c1-6-9-14-15(13-11-8-7-10-12(13)2)18-19(16(14)20)17(3,4)5/h7-8,10-11,18H,6,9H2,1-5H3. The van der Waals surface area contributed by atoms with Crippen LogP contribution in [0.15, 0.2) is 29.1 Å². The van der Waals surface area contributed by atoms with E-state index in [1.807, 2.05) is 32.9 Å². The van der Waals surface area contributed by atoms with E-state index in [2.05, 4.69) is 31.1 Å². The van der Waals surface area contributed by atoms with Gasteiger partial charge in [-0.3, -0.25) is 9.89 Å². The highest BCUT2D eigenvalue weighted by Crippen LogP contribution is 2.25. The molecule has 0 aliphatic rings. The summed E-state index contributed by atoms with van der Waals surface area (Å²) >= 11 is 0. The maximum atomic E-state index is 12.6. The number of H-pyrrole nitrogens is 1. The van der Waals surface area contributed by atoms with Crippen LogP contribution in [-0.4, -0.2) is 9.78 Å². The maximum absolute atomic E-state index is 12.6. The van der Waals surface area contributed by atoms with Crippen molar-refractivity contribution in [3.8, 4) is 11.3 Å². The average molecular weight is 272 g/mol. The minimum absolute atomic E-state index is 0.109. The molecule has 3 heteroatoms. The highest BCUT2D eigenvalue weighted by Gasteiger charge is 2.22. The van der Waals surface area contributed by atoms with Crippen LogP contribution in [0.1, 0.15) is 45.2 Å². The van der Waals surface area contributed by atoms with E-state index < -0.39 is 0 Å². The van der Waals surface area contributed by atoms with Crippen LogP contribution in [0.2, 0.25) is 0 Å². The Kier molecular flexibility index (Phi) is 3.89. The molecule has 0 atom stereocenters. The summed E-state index contributed by atoms with van der Waals surface area (Å²) in [6.07, 6.45) is 1.78. The predicted molar refractivity (Wildman–Crippen MR) is 84.2 cm³/mol. The monoisotopic (exact) mass is 272 g/mol. The van der Waals surface area contributed by atoms with E-state index in [4.69, 9.17) is 0 Å². The zero-order valence-corrected chi connectivity index (χ0v) is 13.1. The molecule has 2 rings (SSSR count). The molecule has 1 heterocycles. The molecule has 0 unspecified atom stereocenters. The van der Waals surface area contributed by atoms with Crippen LogP contribution in [0, 0.1) is 6.92 Å². The van der Waals surface area contributed by atoms with Gasteiger partial charge in [-0.25, -0.2) is 4.68 Å². The Labute approximate surface area is 120 Å². The van der Waals surface area contributed by atoms with E-state index in [0.717, 1.165) is 29.7 Å². The third-order valence-electron chi connectivity index (χ3n) is 3.57. The number of hydrogen-bond donors (Lipinski definition) is 1. The quantitative estimate of drug-likeness (QED) is 0.905. The Morgan fingerprint density at radius 2 is 1.85 bits per heavy atom. The molecule has 0 aliphatic heterocycles. The van der Waals surface area contributed by atoms with Crippen LogP contribution >= 0.6 is 0 Å². The average Bonchev–Trinajstić information content (AvgIpc) is 2.68. The second-order valence-electron chi connectivity index (χ2n) is 6.34. The van der Waals surface area contributed by atoms with E-state index in [1.165, 1.54) is 5.56 Å². The Morgan fingerprint density at radius 3 is 2.40 bits per heavy atom. The molecule has 0 radical (unpaired) electrons. The fraction of sp³-hybridized carbons (Fsp3) is 0.471. The van der Waals surface area contributed by atoms with Crippen molar-refractivity contribution in [2.45, 2.75) is 53.0 Å². The van der Waals surface area contributed by atoms with Crippen molar-refractivity contribution < 1.29 is 0 Å². The fourth-order valence-corrected chi connectivity index (χ4v) is 2.50. The lowest BCUT2D eigenvalue weighted by molar-refractivity contribution is 0.346. The van der Waals surface area contributed by atoms with Crippen molar-refractivity contribution in [2.75, 3.05) is 0 Å². The first-order valence-electron chi connectivity index (χ1n) is 7.26. The normalized spacial score (nSPS) is 11.8. The van der Waals surface area contributed by atoms with Crippen LogP contribution in [0.4, 0.5) is 0 Å². The number of rotatable bonds is 3. The number of aromatic nitrogens is 2. The third-order valence-corrected chi connectivity index (χ3v) is 3.57. The molecular weight excluding hydrogens is 248 g/mol.